The number of rotatable bonds is 4. The molecule has 2 amide bonds. The monoisotopic (exact) mass is 238 g/mol. The zero-order chi connectivity index (χ0) is 12.3. The lowest BCUT2D eigenvalue weighted by molar-refractivity contribution is -0.124. The van der Waals surface area contributed by atoms with Crippen LogP contribution in [0.4, 0.5) is 0 Å². The number of fused-ring (bicyclic) bond motifs is 1. The molecule has 0 spiro atoms. The average Bonchev–Trinajstić information content (AvgIpc) is 2.75. The molecule has 0 unspecified atom stereocenters. The minimum Gasteiger partial charge on any atom is -0.454 e. The summed E-state index contributed by atoms with van der Waals surface area (Å²) in [5.74, 6) is -0.0901. The summed E-state index contributed by atoms with van der Waals surface area (Å²) in [6.07, 6.45) is 0. The highest BCUT2D eigenvalue weighted by Crippen LogP contribution is 2.32. The summed E-state index contributed by atoms with van der Waals surface area (Å²) in [6, 6.07) is 4.69. The second kappa shape index (κ2) is 4.71. The van der Waals surface area contributed by atoms with E-state index in [0.29, 0.717) is 17.1 Å². The van der Waals surface area contributed by atoms with Gasteiger partial charge in [-0.2, -0.15) is 0 Å². The lowest BCUT2D eigenvalue weighted by atomic mass is 10.2. The Labute approximate surface area is 96.4 Å². The van der Waals surface area contributed by atoms with Crippen LogP contribution in [0.2, 0.25) is 0 Å². The predicted molar refractivity (Wildman–Crippen MR) is 55.2 cm³/mol. The van der Waals surface area contributed by atoms with Gasteiger partial charge < -0.3 is 15.2 Å². The number of hydrogen-bond donors (Lipinski definition) is 2. The molecule has 7 heteroatoms. The molecule has 2 rings (SSSR count). The van der Waals surface area contributed by atoms with E-state index < -0.39 is 11.8 Å². The molecular formula is C10H10N2O5. The maximum Gasteiger partial charge on any atom is 0.274 e. The summed E-state index contributed by atoms with van der Waals surface area (Å²) >= 11 is 0. The second-order valence-electron chi connectivity index (χ2n) is 3.25. The Bertz CT molecular complexity index is 460. The SMILES string of the molecule is NC(=O)CONC(=O)c1ccc2c(c1)OCO2. The van der Waals surface area contributed by atoms with E-state index >= 15 is 0 Å². The average molecular weight is 238 g/mol. The molecule has 0 fully saturated rings. The molecule has 1 aliphatic heterocycles. The first-order valence-electron chi connectivity index (χ1n) is 4.77. The number of hydrogen-bond acceptors (Lipinski definition) is 5. The number of nitrogens with one attached hydrogen (secondary N) is 1. The Morgan fingerprint density at radius 2 is 2.12 bits per heavy atom. The Morgan fingerprint density at radius 1 is 1.35 bits per heavy atom. The molecule has 0 saturated carbocycles. The molecule has 1 heterocycles. The Balaban J connectivity index is 1.97. The third-order valence-electron chi connectivity index (χ3n) is 2.01. The van der Waals surface area contributed by atoms with Crippen molar-refractivity contribution in [2.45, 2.75) is 0 Å². The van der Waals surface area contributed by atoms with Crippen molar-refractivity contribution in [3.05, 3.63) is 23.8 Å². The number of ether oxygens (including phenoxy) is 2. The summed E-state index contributed by atoms with van der Waals surface area (Å²) < 4.78 is 10.2. The first-order chi connectivity index (χ1) is 8.16. The Morgan fingerprint density at radius 3 is 2.88 bits per heavy atom. The van der Waals surface area contributed by atoms with Crippen LogP contribution in [-0.4, -0.2) is 25.2 Å². The molecule has 1 aromatic carbocycles. The molecule has 1 aliphatic rings. The number of nitrogens with two attached hydrogens (primary N) is 1. The first kappa shape index (κ1) is 11.2. The summed E-state index contributed by atoms with van der Waals surface area (Å²) in [6.45, 7) is -0.241. The van der Waals surface area contributed by atoms with E-state index in [4.69, 9.17) is 15.2 Å². The van der Waals surface area contributed by atoms with Gasteiger partial charge in [0.05, 0.1) is 0 Å². The summed E-state index contributed by atoms with van der Waals surface area (Å²) in [5.41, 5.74) is 7.26. The lowest BCUT2D eigenvalue weighted by Gasteiger charge is -2.04. The van der Waals surface area contributed by atoms with Crippen LogP contribution in [0, 0.1) is 0 Å². The second-order valence-corrected chi connectivity index (χ2v) is 3.25. The van der Waals surface area contributed by atoms with Gasteiger partial charge in [-0.05, 0) is 18.2 Å². The molecule has 1 aromatic rings. The van der Waals surface area contributed by atoms with Crippen LogP contribution in [0.1, 0.15) is 10.4 Å². The van der Waals surface area contributed by atoms with Crippen LogP contribution in [-0.2, 0) is 9.63 Å². The molecule has 17 heavy (non-hydrogen) atoms. The number of carbonyl (C=O) groups excluding carboxylic acids is 2. The van der Waals surface area contributed by atoms with Gasteiger partial charge in [-0.15, -0.1) is 0 Å². The number of primary amides is 1. The normalized spacial score (nSPS) is 12.2. The lowest BCUT2D eigenvalue weighted by Crippen LogP contribution is -2.29. The summed E-state index contributed by atoms with van der Waals surface area (Å²) in [4.78, 5) is 26.5. The van der Waals surface area contributed by atoms with Gasteiger partial charge in [0.15, 0.2) is 18.1 Å². The van der Waals surface area contributed by atoms with E-state index in [-0.39, 0.29) is 13.4 Å². The van der Waals surface area contributed by atoms with Crippen molar-refractivity contribution in [2.75, 3.05) is 13.4 Å². The van der Waals surface area contributed by atoms with Gasteiger partial charge in [0, 0.05) is 5.56 Å². The minimum absolute atomic E-state index is 0.137. The first-order valence-corrected chi connectivity index (χ1v) is 4.77. The molecule has 90 valence electrons. The Kier molecular flexibility index (Phi) is 3.10. The van der Waals surface area contributed by atoms with Crippen LogP contribution < -0.4 is 20.7 Å². The third-order valence-corrected chi connectivity index (χ3v) is 2.01. The van der Waals surface area contributed by atoms with Gasteiger partial charge in [0.2, 0.25) is 12.7 Å². The largest absolute Gasteiger partial charge is 0.454 e. The van der Waals surface area contributed by atoms with E-state index in [1.165, 1.54) is 6.07 Å². The van der Waals surface area contributed by atoms with E-state index in [9.17, 15) is 9.59 Å². The fourth-order valence-corrected chi connectivity index (χ4v) is 1.27. The molecule has 0 atom stereocenters. The van der Waals surface area contributed by atoms with Crippen molar-refractivity contribution in [1.29, 1.82) is 0 Å². The zero-order valence-corrected chi connectivity index (χ0v) is 8.76. The fourth-order valence-electron chi connectivity index (χ4n) is 1.27. The maximum absolute atomic E-state index is 11.5. The number of benzene rings is 1. The number of amides is 2. The molecule has 0 bridgehead atoms. The van der Waals surface area contributed by atoms with Gasteiger partial charge in [-0.25, -0.2) is 5.48 Å². The fraction of sp³-hybridized carbons (Fsp3) is 0.200. The van der Waals surface area contributed by atoms with Crippen LogP contribution in [0.3, 0.4) is 0 Å². The smallest absolute Gasteiger partial charge is 0.274 e. The summed E-state index contributed by atoms with van der Waals surface area (Å²) in [5, 5.41) is 0. The number of carbonyl (C=O) groups is 2. The van der Waals surface area contributed by atoms with Gasteiger partial charge in [0.25, 0.3) is 5.91 Å². The van der Waals surface area contributed by atoms with Crippen LogP contribution in [0.25, 0.3) is 0 Å². The van der Waals surface area contributed by atoms with Gasteiger partial charge in [-0.1, -0.05) is 0 Å². The predicted octanol–water partition coefficient (Wildman–Crippen LogP) is -0.438. The van der Waals surface area contributed by atoms with Gasteiger partial charge in [0.1, 0.15) is 0 Å². The van der Waals surface area contributed by atoms with Crippen LogP contribution in [0.5, 0.6) is 11.5 Å². The Hall–Kier alpha value is -2.28. The molecule has 0 saturated heterocycles. The highest BCUT2D eigenvalue weighted by Gasteiger charge is 2.16. The van der Waals surface area contributed by atoms with E-state index in [1.807, 2.05) is 0 Å². The molecule has 0 aromatic heterocycles. The minimum atomic E-state index is -0.670. The standard InChI is InChI=1S/C10H10N2O5/c11-9(13)4-17-12-10(14)6-1-2-7-8(3-6)16-5-15-7/h1-3H,4-5H2,(H2,11,13)(H,12,14). The van der Waals surface area contributed by atoms with E-state index in [1.54, 1.807) is 12.1 Å². The van der Waals surface area contributed by atoms with Crippen LogP contribution in [0.15, 0.2) is 18.2 Å². The highest BCUT2D eigenvalue weighted by atomic mass is 16.7. The van der Waals surface area contributed by atoms with Gasteiger partial charge >= 0.3 is 0 Å². The van der Waals surface area contributed by atoms with Crippen molar-refractivity contribution in [3.63, 3.8) is 0 Å². The maximum atomic E-state index is 11.5. The van der Waals surface area contributed by atoms with E-state index in [2.05, 4.69) is 10.3 Å². The quantitative estimate of drug-likeness (QED) is 0.693. The summed E-state index contributed by atoms with van der Waals surface area (Å²) in [7, 11) is 0. The molecule has 3 N–H and O–H groups in total. The molecular weight excluding hydrogens is 228 g/mol. The molecule has 0 aliphatic carbocycles. The molecule has 7 nitrogen and oxygen atoms in total. The van der Waals surface area contributed by atoms with Gasteiger partial charge in [-0.3, -0.25) is 14.4 Å². The van der Waals surface area contributed by atoms with Crippen molar-refractivity contribution in [2.24, 2.45) is 5.73 Å². The van der Waals surface area contributed by atoms with E-state index in [0.717, 1.165) is 0 Å². The zero-order valence-electron chi connectivity index (χ0n) is 8.76. The topological polar surface area (TPSA) is 99.9 Å². The highest BCUT2D eigenvalue weighted by molar-refractivity contribution is 5.94. The molecule has 0 radical (unpaired) electrons. The van der Waals surface area contributed by atoms with Crippen molar-refractivity contribution >= 4 is 11.8 Å². The number of hydroxylamine groups is 1. The van der Waals surface area contributed by atoms with Crippen molar-refractivity contribution < 1.29 is 23.9 Å². The van der Waals surface area contributed by atoms with Crippen molar-refractivity contribution in [3.8, 4) is 11.5 Å². The van der Waals surface area contributed by atoms with Crippen molar-refractivity contribution in [1.82, 2.24) is 5.48 Å². The third kappa shape index (κ3) is 2.64. The van der Waals surface area contributed by atoms with Crippen LogP contribution >= 0.6 is 0 Å².